The van der Waals surface area contributed by atoms with Gasteiger partial charge in [0.25, 0.3) is 0 Å². The number of rotatable bonds is 5. The van der Waals surface area contributed by atoms with E-state index in [9.17, 15) is 4.79 Å². The molecule has 0 radical (unpaired) electrons. The van der Waals surface area contributed by atoms with Gasteiger partial charge in [0, 0.05) is 18.6 Å². The van der Waals surface area contributed by atoms with Gasteiger partial charge in [-0.25, -0.2) is 4.79 Å². The Hall–Kier alpha value is -1.22. The number of nitrogens with zero attached hydrogens (tertiary/aromatic N) is 1. The molecule has 0 saturated heterocycles. The van der Waals surface area contributed by atoms with Gasteiger partial charge in [0.05, 0.1) is 11.3 Å². The van der Waals surface area contributed by atoms with Crippen LogP contribution in [0.15, 0.2) is 18.2 Å². The Kier molecular flexibility index (Phi) is 4.82. The predicted octanol–water partition coefficient (Wildman–Crippen LogP) is 3.52. The number of aromatic carboxylic acids is 1. The third-order valence-electron chi connectivity index (χ3n) is 2.64. The van der Waals surface area contributed by atoms with Gasteiger partial charge in [-0.3, -0.25) is 0 Å². The Labute approximate surface area is 107 Å². The second-order valence-corrected chi connectivity index (χ2v) is 5.01. The Bertz CT molecular complexity index is 404. The lowest BCUT2D eigenvalue weighted by atomic mass is 10.1. The first-order chi connectivity index (χ1) is 7.91. The fourth-order valence-corrected chi connectivity index (χ4v) is 1.76. The highest BCUT2D eigenvalue weighted by Crippen LogP contribution is 2.24. The van der Waals surface area contributed by atoms with Crippen LogP contribution >= 0.6 is 11.6 Å². The molecule has 4 heteroatoms. The standard InChI is InChI=1S/C13H18ClNO2/c1-9(2)6-7-15(3)12-5-4-10(14)8-11(12)13(16)17/h4-5,8-9H,6-7H2,1-3H3,(H,16,17). The normalized spacial score (nSPS) is 10.6. The molecular weight excluding hydrogens is 238 g/mol. The number of carboxylic acid groups (broad SMARTS) is 1. The SMILES string of the molecule is CC(C)CCN(C)c1ccc(Cl)cc1C(=O)O. The van der Waals surface area contributed by atoms with Crippen molar-refractivity contribution in [1.82, 2.24) is 0 Å². The van der Waals surface area contributed by atoms with E-state index in [0.29, 0.717) is 16.6 Å². The quantitative estimate of drug-likeness (QED) is 0.875. The summed E-state index contributed by atoms with van der Waals surface area (Å²) >= 11 is 5.81. The van der Waals surface area contributed by atoms with Crippen molar-refractivity contribution in [2.24, 2.45) is 5.92 Å². The summed E-state index contributed by atoms with van der Waals surface area (Å²) in [5.41, 5.74) is 0.964. The lowest BCUT2D eigenvalue weighted by Crippen LogP contribution is -2.22. The smallest absolute Gasteiger partial charge is 0.337 e. The number of hydrogen-bond donors (Lipinski definition) is 1. The summed E-state index contributed by atoms with van der Waals surface area (Å²) in [5, 5.41) is 9.58. The van der Waals surface area contributed by atoms with E-state index in [0.717, 1.165) is 13.0 Å². The van der Waals surface area contributed by atoms with E-state index in [1.165, 1.54) is 6.07 Å². The average molecular weight is 256 g/mol. The van der Waals surface area contributed by atoms with Crippen LogP contribution < -0.4 is 4.90 Å². The second-order valence-electron chi connectivity index (χ2n) is 4.57. The molecule has 94 valence electrons. The molecule has 3 nitrogen and oxygen atoms in total. The molecule has 1 N–H and O–H groups in total. The topological polar surface area (TPSA) is 40.5 Å². The van der Waals surface area contributed by atoms with E-state index < -0.39 is 5.97 Å². The molecule has 0 heterocycles. The van der Waals surface area contributed by atoms with Gasteiger partial charge in [0.15, 0.2) is 0 Å². The summed E-state index contributed by atoms with van der Waals surface area (Å²) in [7, 11) is 1.90. The molecule has 0 saturated carbocycles. The van der Waals surface area contributed by atoms with Crippen LogP contribution in [0, 0.1) is 5.92 Å². The number of carboxylic acids is 1. The molecule has 0 fully saturated rings. The lowest BCUT2D eigenvalue weighted by Gasteiger charge is -2.22. The van der Waals surface area contributed by atoms with Crippen LogP contribution in [0.2, 0.25) is 5.02 Å². The first kappa shape index (κ1) is 13.8. The third kappa shape index (κ3) is 3.93. The minimum Gasteiger partial charge on any atom is -0.478 e. The largest absolute Gasteiger partial charge is 0.478 e. The highest BCUT2D eigenvalue weighted by Gasteiger charge is 2.14. The molecule has 1 rings (SSSR count). The molecule has 0 amide bonds. The highest BCUT2D eigenvalue weighted by atomic mass is 35.5. The maximum Gasteiger partial charge on any atom is 0.337 e. The maximum atomic E-state index is 11.1. The van der Waals surface area contributed by atoms with E-state index in [1.54, 1.807) is 12.1 Å². The number of carbonyl (C=O) groups is 1. The minimum absolute atomic E-state index is 0.253. The molecule has 0 aliphatic rings. The van der Waals surface area contributed by atoms with Crippen LogP contribution in [-0.4, -0.2) is 24.7 Å². The highest BCUT2D eigenvalue weighted by molar-refractivity contribution is 6.31. The Morgan fingerprint density at radius 3 is 2.65 bits per heavy atom. The van der Waals surface area contributed by atoms with Gasteiger partial charge in [-0.1, -0.05) is 25.4 Å². The molecule has 0 bridgehead atoms. The zero-order chi connectivity index (χ0) is 13.0. The van der Waals surface area contributed by atoms with Crippen LogP contribution in [0.3, 0.4) is 0 Å². The van der Waals surface area contributed by atoms with Crippen LogP contribution in [0.4, 0.5) is 5.69 Å². The van der Waals surface area contributed by atoms with Crippen LogP contribution in [0.25, 0.3) is 0 Å². The molecule has 17 heavy (non-hydrogen) atoms. The van der Waals surface area contributed by atoms with Gasteiger partial charge in [0.1, 0.15) is 0 Å². The minimum atomic E-state index is -0.945. The molecule has 0 atom stereocenters. The molecule has 1 aromatic rings. The van der Waals surface area contributed by atoms with E-state index in [-0.39, 0.29) is 5.56 Å². The summed E-state index contributed by atoms with van der Waals surface area (Å²) in [6, 6.07) is 4.96. The predicted molar refractivity (Wildman–Crippen MR) is 71.1 cm³/mol. The number of anilines is 1. The van der Waals surface area contributed by atoms with Gasteiger partial charge in [-0.15, -0.1) is 0 Å². The fraction of sp³-hybridized carbons (Fsp3) is 0.462. The zero-order valence-corrected chi connectivity index (χ0v) is 11.2. The van der Waals surface area contributed by atoms with Crippen LogP contribution in [0.1, 0.15) is 30.6 Å². The van der Waals surface area contributed by atoms with Gasteiger partial charge < -0.3 is 10.0 Å². The van der Waals surface area contributed by atoms with E-state index in [4.69, 9.17) is 16.7 Å². The molecule has 1 aromatic carbocycles. The maximum absolute atomic E-state index is 11.1. The van der Waals surface area contributed by atoms with Crippen LogP contribution in [-0.2, 0) is 0 Å². The first-order valence-electron chi connectivity index (χ1n) is 5.65. The third-order valence-corrected chi connectivity index (χ3v) is 2.88. The second kappa shape index (κ2) is 5.92. The monoisotopic (exact) mass is 255 g/mol. The van der Waals surface area contributed by atoms with Crippen molar-refractivity contribution < 1.29 is 9.90 Å². The first-order valence-corrected chi connectivity index (χ1v) is 6.03. The lowest BCUT2D eigenvalue weighted by molar-refractivity contribution is 0.0697. The van der Waals surface area contributed by atoms with E-state index >= 15 is 0 Å². The summed E-state index contributed by atoms with van der Waals surface area (Å²) < 4.78 is 0. The van der Waals surface area contributed by atoms with Gasteiger partial charge in [0.2, 0.25) is 0 Å². The molecule has 0 aromatic heterocycles. The van der Waals surface area contributed by atoms with Crippen molar-refractivity contribution in [2.75, 3.05) is 18.5 Å². The summed E-state index contributed by atoms with van der Waals surface area (Å²) in [6.45, 7) is 5.13. The molecule has 0 spiro atoms. The van der Waals surface area contributed by atoms with Crippen molar-refractivity contribution in [2.45, 2.75) is 20.3 Å². The van der Waals surface area contributed by atoms with E-state index in [2.05, 4.69) is 13.8 Å². The Balaban J connectivity index is 2.92. The molecular formula is C13H18ClNO2. The Morgan fingerprint density at radius 1 is 1.47 bits per heavy atom. The summed E-state index contributed by atoms with van der Waals surface area (Å²) in [5.74, 6) is -0.350. The molecule has 0 aliphatic carbocycles. The van der Waals surface area contributed by atoms with Gasteiger partial charge in [-0.05, 0) is 30.5 Å². The number of benzene rings is 1. The number of halogens is 1. The summed E-state index contributed by atoms with van der Waals surface area (Å²) in [6.07, 6.45) is 1.03. The summed E-state index contributed by atoms with van der Waals surface area (Å²) in [4.78, 5) is 13.1. The van der Waals surface area contributed by atoms with E-state index in [1.807, 2.05) is 11.9 Å². The van der Waals surface area contributed by atoms with Crippen LogP contribution in [0.5, 0.6) is 0 Å². The van der Waals surface area contributed by atoms with Crippen molar-refractivity contribution in [3.63, 3.8) is 0 Å². The van der Waals surface area contributed by atoms with Gasteiger partial charge in [-0.2, -0.15) is 0 Å². The van der Waals surface area contributed by atoms with Crippen molar-refractivity contribution in [3.8, 4) is 0 Å². The number of hydrogen-bond acceptors (Lipinski definition) is 2. The van der Waals surface area contributed by atoms with Gasteiger partial charge >= 0.3 is 5.97 Å². The molecule has 0 unspecified atom stereocenters. The fourth-order valence-electron chi connectivity index (χ4n) is 1.58. The van der Waals surface area contributed by atoms with Crippen molar-refractivity contribution in [1.29, 1.82) is 0 Å². The zero-order valence-electron chi connectivity index (χ0n) is 10.4. The average Bonchev–Trinajstić information content (AvgIpc) is 2.25. The van der Waals surface area contributed by atoms with Crippen molar-refractivity contribution >= 4 is 23.3 Å². The molecule has 0 aliphatic heterocycles. The van der Waals surface area contributed by atoms with Crippen molar-refractivity contribution in [3.05, 3.63) is 28.8 Å². The Morgan fingerprint density at radius 2 is 2.12 bits per heavy atom.